The average Bonchev–Trinajstić information content (AvgIpc) is 3.20. The van der Waals surface area contributed by atoms with Gasteiger partial charge in [-0.25, -0.2) is 0 Å². The Morgan fingerprint density at radius 3 is 2.52 bits per heavy atom. The molecule has 1 fully saturated rings. The van der Waals surface area contributed by atoms with Crippen molar-refractivity contribution in [3.8, 4) is 11.5 Å². The number of nitrogens with zero attached hydrogens (tertiary/aromatic N) is 1. The fourth-order valence-corrected chi connectivity index (χ4v) is 5.92. The molecule has 4 aromatic carbocycles. The molecule has 7 nitrogen and oxygen atoms in total. The number of anilines is 1. The van der Waals surface area contributed by atoms with Crippen molar-refractivity contribution in [1.29, 1.82) is 0 Å². The topological polar surface area (TPSA) is 84.9 Å². The summed E-state index contributed by atoms with van der Waals surface area (Å²) in [6, 6.07) is 26.8. The van der Waals surface area contributed by atoms with E-state index < -0.39 is 17.1 Å². The molecule has 0 bridgehead atoms. The average molecular weight is 665 g/mol. The second-order valence-corrected chi connectivity index (χ2v) is 11.0. The normalized spacial score (nSPS) is 14.2. The molecule has 0 aromatic heterocycles. The minimum atomic E-state index is -0.512. The first kappa shape index (κ1) is 27.7. The third-order valence-electron chi connectivity index (χ3n) is 6.11. The van der Waals surface area contributed by atoms with Gasteiger partial charge in [0.25, 0.3) is 11.1 Å². The van der Waals surface area contributed by atoms with E-state index >= 15 is 0 Å². The molecule has 3 amide bonds. The van der Waals surface area contributed by atoms with Gasteiger partial charge in [-0.1, -0.05) is 60.7 Å². The lowest BCUT2D eigenvalue weighted by molar-refractivity contribution is -0.127. The van der Waals surface area contributed by atoms with Crippen LogP contribution in [0.4, 0.5) is 10.5 Å². The van der Waals surface area contributed by atoms with Crippen LogP contribution >= 0.6 is 34.4 Å². The Balaban J connectivity index is 1.33. The van der Waals surface area contributed by atoms with Crippen LogP contribution in [0, 0.1) is 3.57 Å². The maximum atomic E-state index is 13.0. The van der Waals surface area contributed by atoms with Crippen LogP contribution in [-0.2, 0) is 16.2 Å². The van der Waals surface area contributed by atoms with E-state index in [0.29, 0.717) is 36.0 Å². The number of hydrogen-bond donors (Lipinski definition) is 1. The number of para-hydroxylation sites is 1. The quantitative estimate of drug-likeness (QED) is 0.152. The number of fused-ring (bicyclic) bond motifs is 1. The van der Waals surface area contributed by atoms with Crippen molar-refractivity contribution in [2.75, 3.05) is 18.5 Å². The number of ether oxygens (including phenoxy) is 2. The molecule has 1 N–H and O–H groups in total. The predicted molar refractivity (Wildman–Crippen MR) is 166 cm³/mol. The van der Waals surface area contributed by atoms with E-state index in [9.17, 15) is 14.4 Å². The highest BCUT2D eigenvalue weighted by atomic mass is 127. The van der Waals surface area contributed by atoms with Crippen LogP contribution in [0.15, 0.2) is 89.8 Å². The molecule has 9 heteroatoms. The summed E-state index contributed by atoms with van der Waals surface area (Å²) in [5.74, 6) is 0.193. The molecule has 1 aliphatic rings. The zero-order valence-corrected chi connectivity index (χ0v) is 24.5. The summed E-state index contributed by atoms with van der Waals surface area (Å²) in [6.45, 7) is 2.32. The van der Waals surface area contributed by atoms with E-state index in [2.05, 4.69) is 46.1 Å². The van der Waals surface area contributed by atoms with Gasteiger partial charge in [-0.2, -0.15) is 0 Å². The lowest BCUT2D eigenvalue weighted by Crippen LogP contribution is -2.36. The van der Waals surface area contributed by atoms with Crippen molar-refractivity contribution >= 4 is 73.9 Å². The lowest BCUT2D eigenvalue weighted by Gasteiger charge is -2.16. The summed E-state index contributed by atoms with van der Waals surface area (Å²) in [5, 5.41) is 4.48. The Kier molecular flexibility index (Phi) is 8.71. The minimum Gasteiger partial charge on any atom is -0.490 e. The number of benzene rings is 4. The molecule has 0 spiro atoms. The molecular formula is C31H25IN2O5S. The highest BCUT2D eigenvalue weighted by Crippen LogP contribution is 2.38. The first-order chi connectivity index (χ1) is 19.4. The van der Waals surface area contributed by atoms with Gasteiger partial charge in [-0.3, -0.25) is 19.3 Å². The number of amides is 3. The molecule has 0 atom stereocenters. The van der Waals surface area contributed by atoms with Crippen molar-refractivity contribution in [3.63, 3.8) is 0 Å². The van der Waals surface area contributed by atoms with E-state index in [0.717, 1.165) is 36.6 Å². The third kappa shape index (κ3) is 6.31. The van der Waals surface area contributed by atoms with Crippen LogP contribution in [0.2, 0.25) is 0 Å². The third-order valence-corrected chi connectivity index (χ3v) is 7.82. The van der Waals surface area contributed by atoms with Gasteiger partial charge in [0.05, 0.1) is 15.1 Å². The Morgan fingerprint density at radius 1 is 0.975 bits per heavy atom. The molecule has 0 aliphatic carbocycles. The fourth-order valence-electron chi connectivity index (χ4n) is 4.30. The van der Waals surface area contributed by atoms with Gasteiger partial charge in [-0.15, -0.1) is 0 Å². The molecule has 40 heavy (non-hydrogen) atoms. The maximum absolute atomic E-state index is 13.0. The molecule has 0 saturated carbocycles. The molecule has 1 heterocycles. The highest BCUT2D eigenvalue weighted by molar-refractivity contribution is 14.1. The van der Waals surface area contributed by atoms with Crippen LogP contribution in [0.25, 0.3) is 16.8 Å². The van der Waals surface area contributed by atoms with Crippen LogP contribution in [0.1, 0.15) is 18.1 Å². The first-order valence-corrected chi connectivity index (χ1v) is 14.5. The predicted octanol–water partition coefficient (Wildman–Crippen LogP) is 7.10. The van der Waals surface area contributed by atoms with E-state index in [1.54, 1.807) is 36.4 Å². The monoisotopic (exact) mass is 664 g/mol. The van der Waals surface area contributed by atoms with Crippen LogP contribution < -0.4 is 14.8 Å². The second kappa shape index (κ2) is 12.6. The SMILES string of the molecule is CCOc1cc(/C=C2\SC(=O)N(CC(=O)Nc3ccccc3)C2=O)cc(I)c1OCc1cccc2ccccc12. The maximum Gasteiger partial charge on any atom is 0.294 e. The Bertz CT molecular complexity index is 1620. The zero-order chi connectivity index (χ0) is 28.1. The number of thioether (sulfide) groups is 1. The largest absolute Gasteiger partial charge is 0.490 e. The molecule has 5 rings (SSSR count). The minimum absolute atomic E-state index is 0.236. The molecular weight excluding hydrogens is 639 g/mol. The van der Waals surface area contributed by atoms with E-state index in [4.69, 9.17) is 9.47 Å². The standard InChI is InChI=1S/C31H25IN2O5S/c1-2-38-26-16-20(15-25(32)29(26)39-19-22-11-8-10-21-9-6-7-14-24(21)22)17-27-30(36)34(31(37)40-27)18-28(35)33-23-12-4-3-5-13-23/h3-17H,2,18-19H2,1H3,(H,33,35)/b27-17-. The number of hydrogen-bond acceptors (Lipinski definition) is 6. The molecule has 0 radical (unpaired) electrons. The zero-order valence-electron chi connectivity index (χ0n) is 21.6. The number of rotatable bonds is 9. The summed E-state index contributed by atoms with van der Waals surface area (Å²) in [5.41, 5.74) is 2.34. The van der Waals surface area contributed by atoms with Gasteiger partial charge < -0.3 is 14.8 Å². The fraction of sp³-hybridized carbons (Fsp3) is 0.129. The van der Waals surface area contributed by atoms with Gasteiger partial charge in [0.15, 0.2) is 11.5 Å². The smallest absolute Gasteiger partial charge is 0.294 e. The summed E-state index contributed by atoms with van der Waals surface area (Å²) in [7, 11) is 0. The van der Waals surface area contributed by atoms with E-state index in [-0.39, 0.29) is 11.4 Å². The Morgan fingerprint density at radius 2 is 1.73 bits per heavy atom. The first-order valence-electron chi connectivity index (χ1n) is 12.6. The van der Waals surface area contributed by atoms with Crippen molar-refractivity contribution in [2.45, 2.75) is 13.5 Å². The summed E-state index contributed by atoms with van der Waals surface area (Å²) >= 11 is 2.99. The van der Waals surface area contributed by atoms with Crippen molar-refractivity contribution in [3.05, 3.63) is 105 Å². The van der Waals surface area contributed by atoms with Gasteiger partial charge in [0.2, 0.25) is 5.91 Å². The Hall–Kier alpha value is -3.83. The number of imide groups is 1. The molecule has 1 aliphatic heterocycles. The van der Waals surface area contributed by atoms with Gasteiger partial charge in [0, 0.05) is 5.69 Å². The lowest BCUT2D eigenvalue weighted by atomic mass is 10.1. The van der Waals surface area contributed by atoms with Gasteiger partial charge in [-0.05, 0) is 93.5 Å². The number of halogens is 1. The van der Waals surface area contributed by atoms with Crippen LogP contribution in [0.3, 0.4) is 0 Å². The van der Waals surface area contributed by atoms with E-state index in [1.807, 2.05) is 43.3 Å². The molecule has 1 saturated heterocycles. The molecule has 0 unspecified atom stereocenters. The van der Waals surface area contributed by atoms with Crippen LogP contribution in [0.5, 0.6) is 11.5 Å². The van der Waals surface area contributed by atoms with E-state index in [1.165, 1.54) is 0 Å². The summed E-state index contributed by atoms with van der Waals surface area (Å²) in [6.07, 6.45) is 1.64. The number of carbonyl (C=O) groups is 3. The van der Waals surface area contributed by atoms with Crippen molar-refractivity contribution < 1.29 is 23.9 Å². The summed E-state index contributed by atoms with van der Waals surface area (Å²) < 4.78 is 13.0. The van der Waals surface area contributed by atoms with Gasteiger partial charge in [0.1, 0.15) is 13.2 Å². The number of nitrogens with one attached hydrogen (secondary N) is 1. The highest BCUT2D eigenvalue weighted by Gasteiger charge is 2.36. The second-order valence-electron chi connectivity index (χ2n) is 8.87. The van der Waals surface area contributed by atoms with Crippen molar-refractivity contribution in [2.24, 2.45) is 0 Å². The van der Waals surface area contributed by atoms with Gasteiger partial charge >= 0.3 is 0 Å². The Labute approximate surface area is 249 Å². The number of carbonyl (C=O) groups excluding carboxylic acids is 3. The summed E-state index contributed by atoms with van der Waals surface area (Å²) in [4.78, 5) is 39.2. The van der Waals surface area contributed by atoms with Crippen molar-refractivity contribution in [1.82, 2.24) is 4.90 Å². The molecule has 202 valence electrons. The van der Waals surface area contributed by atoms with Crippen LogP contribution in [-0.4, -0.2) is 35.1 Å². The molecule has 4 aromatic rings.